The molecule has 0 aliphatic carbocycles. The number of rotatable bonds is 4. The van der Waals surface area contributed by atoms with Crippen molar-refractivity contribution in [1.82, 2.24) is 9.80 Å². The Bertz CT molecular complexity index is 592. The second-order valence-corrected chi connectivity index (χ2v) is 6.04. The van der Waals surface area contributed by atoms with E-state index in [2.05, 4.69) is 66.0 Å². The van der Waals surface area contributed by atoms with Gasteiger partial charge in [-0.1, -0.05) is 44.2 Å². The van der Waals surface area contributed by atoms with Crippen molar-refractivity contribution in [2.24, 2.45) is 15.9 Å². The fourth-order valence-electron chi connectivity index (χ4n) is 2.59. The molecule has 1 atom stereocenters. The van der Waals surface area contributed by atoms with Gasteiger partial charge in [-0.3, -0.25) is 4.99 Å². The van der Waals surface area contributed by atoms with Crippen LogP contribution >= 0.6 is 12.4 Å². The van der Waals surface area contributed by atoms with Crippen LogP contribution in [-0.2, 0) is 6.54 Å². The van der Waals surface area contributed by atoms with E-state index in [1.165, 1.54) is 5.56 Å². The van der Waals surface area contributed by atoms with E-state index in [-0.39, 0.29) is 12.4 Å². The molecule has 1 aromatic rings. The van der Waals surface area contributed by atoms with Gasteiger partial charge in [0.1, 0.15) is 11.7 Å². The van der Waals surface area contributed by atoms with E-state index in [0.29, 0.717) is 12.0 Å². The minimum atomic E-state index is 0. The molecule has 1 aromatic carbocycles. The van der Waals surface area contributed by atoms with Crippen LogP contribution in [0.15, 0.2) is 52.2 Å². The molecule has 5 heteroatoms. The van der Waals surface area contributed by atoms with E-state index in [1.54, 1.807) is 0 Å². The molecule has 0 saturated carbocycles. The van der Waals surface area contributed by atoms with Gasteiger partial charge in [0.25, 0.3) is 0 Å². The second-order valence-electron chi connectivity index (χ2n) is 6.04. The third-order valence-corrected chi connectivity index (χ3v) is 3.99. The van der Waals surface area contributed by atoms with Crippen LogP contribution in [0.2, 0.25) is 0 Å². The fourth-order valence-corrected chi connectivity index (χ4v) is 2.59. The zero-order valence-electron chi connectivity index (χ0n) is 13.3. The van der Waals surface area contributed by atoms with Crippen LogP contribution in [0.25, 0.3) is 0 Å². The highest BCUT2D eigenvalue weighted by Gasteiger charge is 2.27. The first-order valence-corrected chi connectivity index (χ1v) is 7.49. The zero-order chi connectivity index (χ0) is 14.8. The molecule has 0 radical (unpaired) electrons. The Morgan fingerprint density at radius 3 is 2.68 bits per heavy atom. The molecule has 2 aliphatic heterocycles. The number of halogens is 1. The third kappa shape index (κ3) is 3.50. The van der Waals surface area contributed by atoms with Gasteiger partial charge >= 0.3 is 0 Å². The molecule has 1 unspecified atom stereocenters. The van der Waals surface area contributed by atoms with Crippen LogP contribution in [0.5, 0.6) is 0 Å². The van der Waals surface area contributed by atoms with Gasteiger partial charge in [0.05, 0.1) is 12.4 Å². The Kier molecular flexibility index (Phi) is 5.24. The maximum atomic E-state index is 4.80. The highest BCUT2D eigenvalue weighted by molar-refractivity contribution is 6.03. The van der Waals surface area contributed by atoms with Crippen molar-refractivity contribution in [3.05, 3.63) is 47.8 Å². The van der Waals surface area contributed by atoms with E-state index in [0.717, 1.165) is 24.7 Å². The van der Waals surface area contributed by atoms with E-state index in [4.69, 9.17) is 4.99 Å². The van der Waals surface area contributed by atoms with Crippen LogP contribution in [0, 0.1) is 5.92 Å². The summed E-state index contributed by atoms with van der Waals surface area (Å²) in [5.74, 6) is 2.58. The molecule has 0 bridgehead atoms. The number of fused-ring (bicyclic) bond motifs is 1. The lowest BCUT2D eigenvalue weighted by Gasteiger charge is -2.24. The zero-order valence-corrected chi connectivity index (χ0v) is 14.1. The van der Waals surface area contributed by atoms with Gasteiger partial charge in [0.15, 0.2) is 0 Å². The number of aliphatic imine (C=N–C) groups is 2. The molecule has 3 rings (SSSR count). The fraction of sp³-hybridized carbons (Fsp3) is 0.412. The first-order valence-electron chi connectivity index (χ1n) is 7.49. The molecule has 2 aliphatic rings. The summed E-state index contributed by atoms with van der Waals surface area (Å²) < 4.78 is 0. The summed E-state index contributed by atoms with van der Waals surface area (Å²) in [6, 6.07) is 10.8. The Morgan fingerprint density at radius 1 is 1.27 bits per heavy atom. The number of amidine groups is 1. The summed E-state index contributed by atoms with van der Waals surface area (Å²) in [5.41, 5.74) is 1.28. The summed E-state index contributed by atoms with van der Waals surface area (Å²) in [4.78, 5) is 13.7. The Labute approximate surface area is 138 Å². The van der Waals surface area contributed by atoms with E-state index >= 15 is 0 Å². The van der Waals surface area contributed by atoms with Crippen LogP contribution in [0.3, 0.4) is 0 Å². The molecule has 0 amide bonds. The maximum Gasteiger partial charge on any atom is 0.134 e. The highest BCUT2D eigenvalue weighted by atomic mass is 35.5. The van der Waals surface area contributed by atoms with Gasteiger partial charge in [-0.15, -0.1) is 12.4 Å². The summed E-state index contributed by atoms with van der Waals surface area (Å²) in [5, 5.41) is 0. The first-order chi connectivity index (χ1) is 10.1. The molecule has 0 aromatic heterocycles. The topological polar surface area (TPSA) is 31.2 Å². The lowest BCUT2D eigenvalue weighted by molar-refractivity contribution is 0.403. The van der Waals surface area contributed by atoms with Gasteiger partial charge in [-0.05, 0) is 11.5 Å². The normalized spacial score (nSPS) is 19.5. The van der Waals surface area contributed by atoms with Crippen molar-refractivity contribution in [3.8, 4) is 0 Å². The lowest BCUT2D eigenvalue weighted by Crippen LogP contribution is -2.32. The van der Waals surface area contributed by atoms with Gasteiger partial charge < -0.3 is 9.80 Å². The minimum absolute atomic E-state index is 0. The number of nitrogens with zero attached hydrogens (tertiary/aromatic N) is 4. The van der Waals surface area contributed by atoms with Crippen molar-refractivity contribution in [2.45, 2.75) is 26.4 Å². The standard InChI is InChI=1S/C17H22N4.ClH/c1-13(2)15-11-21-12-18-16(9-17(21)19-15)20(3)10-14-7-5-4-6-8-14;/h4-9,12-13,15H,10-11H2,1-3H3;1H. The van der Waals surface area contributed by atoms with Crippen LogP contribution in [0.4, 0.5) is 0 Å². The molecule has 22 heavy (non-hydrogen) atoms. The molecule has 0 fully saturated rings. The summed E-state index contributed by atoms with van der Waals surface area (Å²) in [6.07, 6.45) is 4.00. The molecule has 4 nitrogen and oxygen atoms in total. The van der Waals surface area contributed by atoms with Crippen molar-refractivity contribution in [3.63, 3.8) is 0 Å². The molecule has 118 valence electrons. The number of benzene rings is 1. The van der Waals surface area contributed by atoms with Crippen LogP contribution < -0.4 is 0 Å². The lowest BCUT2D eigenvalue weighted by atomic mass is 10.1. The molecule has 0 spiro atoms. The van der Waals surface area contributed by atoms with E-state index in [1.807, 2.05) is 12.4 Å². The van der Waals surface area contributed by atoms with Crippen molar-refractivity contribution in [1.29, 1.82) is 0 Å². The molecule has 0 saturated heterocycles. The summed E-state index contributed by atoms with van der Waals surface area (Å²) in [6.45, 7) is 6.24. The van der Waals surface area contributed by atoms with E-state index in [9.17, 15) is 0 Å². The monoisotopic (exact) mass is 318 g/mol. The quantitative estimate of drug-likeness (QED) is 0.854. The Hall–Kier alpha value is -1.81. The SMILES string of the molecule is CC(C)C1CN2C=NC(N(C)Cc3ccccc3)=CC2=N1.Cl. The second kappa shape index (κ2) is 6.97. The predicted octanol–water partition coefficient (Wildman–Crippen LogP) is 3.16. The van der Waals surface area contributed by atoms with Crippen LogP contribution in [0.1, 0.15) is 19.4 Å². The predicted molar refractivity (Wildman–Crippen MR) is 94.5 cm³/mol. The average Bonchev–Trinajstić information content (AvgIpc) is 2.91. The van der Waals surface area contributed by atoms with E-state index < -0.39 is 0 Å². The minimum Gasteiger partial charge on any atom is -0.355 e. The average molecular weight is 319 g/mol. The Balaban J connectivity index is 0.00000176. The van der Waals surface area contributed by atoms with Crippen molar-refractivity contribution in [2.75, 3.05) is 13.6 Å². The summed E-state index contributed by atoms with van der Waals surface area (Å²) >= 11 is 0. The number of hydrogen-bond donors (Lipinski definition) is 0. The third-order valence-electron chi connectivity index (χ3n) is 3.99. The maximum absolute atomic E-state index is 4.80. The highest BCUT2D eigenvalue weighted by Crippen LogP contribution is 2.21. The summed E-state index contributed by atoms with van der Waals surface area (Å²) in [7, 11) is 2.07. The van der Waals surface area contributed by atoms with Gasteiger partial charge in [-0.25, -0.2) is 4.99 Å². The van der Waals surface area contributed by atoms with Crippen molar-refractivity contribution >= 4 is 24.6 Å². The van der Waals surface area contributed by atoms with Gasteiger partial charge in [0, 0.05) is 26.2 Å². The van der Waals surface area contributed by atoms with Crippen LogP contribution in [-0.4, -0.2) is 41.6 Å². The smallest absolute Gasteiger partial charge is 0.134 e. The first kappa shape index (κ1) is 16.6. The Morgan fingerprint density at radius 2 is 2.00 bits per heavy atom. The van der Waals surface area contributed by atoms with Crippen molar-refractivity contribution < 1.29 is 0 Å². The van der Waals surface area contributed by atoms with Gasteiger partial charge in [-0.2, -0.15) is 0 Å². The molecule has 2 heterocycles. The van der Waals surface area contributed by atoms with Gasteiger partial charge in [0.2, 0.25) is 0 Å². The molecular formula is C17H23ClN4. The largest absolute Gasteiger partial charge is 0.355 e. The number of hydrogen-bond acceptors (Lipinski definition) is 4. The molecular weight excluding hydrogens is 296 g/mol. The molecule has 0 N–H and O–H groups in total.